The molecule has 3 N–H and O–H groups in total. The molecule has 31 heavy (non-hydrogen) atoms. The van der Waals surface area contributed by atoms with E-state index in [9.17, 15) is 9.90 Å². The summed E-state index contributed by atoms with van der Waals surface area (Å²) in [5.41, 5.74) is 3.85. The smallest absolute Gasteiger partial charge is 0.288 e. The molecule has 0 unspecified atom stereocenters. The minimum Gasteiger partial charge on any atom is -0.504 e. The monoisotopic (exact) mass is 417 g/mol. The number of fused-ring (bicyclic) bond motifs is 2. The van der Waals surface area contributed by atoms with Crippen LogP contribution in [0.15, 0.2) is 47.3 Å². The maximum Gasteiger partial charge on any atom is 0.288 e. The summed E-state index contributed by atoms with van der Waals surface area (Å²) in [6, 6.07) is 12.3. The van der Waals surface area contributed by atoms with Gasteiger partial charge in [-0.3, -0.25) is 4.79 Å². The maximum atomic E-state index is 12.7. The third-order valence-corrected chi connectivity index (χ3v) is 5.19. The molecule has 0 aliphatic carbocycles. The van der Waals surface area contributed by atoms with E-state index in [0.717, 1.165) is 16.7 Å². The van der Waals surface area contributed by atoms with Crippen molar-refractivity contribution in [3.8, 4) is 22.8 Å². The van der Waals surface area contributed by atoms with Crippen molar-refractivity contribution in [1.29, 1.82) is 0 Å². The number of aromatic nitrogens is 6. The highest BCUT2D eigenvalue weighted by atomic mass is 16.5. The van der Waals surface area contributed by atoms with Gasteiger partial charge < -0.3 is 15.2 Å². The van der Waals surface area contributed by atoms with E-state index in [1.807, 2.05) is 38.1 Å². The second-order valence-corrected chi connectivity index (χ2v) is 7.19. The summed E-state index contributed by atoms with van der Waals surface area (Å²) in [5.74, 6) is 0.693. The molecule has 3 heterocycles. The number of anilines is 2. The average molecular weight is 417 g/mol. The predicted molar refractivity (Wildman–Crippen MR) is 113 cm³/mol. The number of hydrogen-bond donors (Lipinski definition) is 3. The molecule has 5 rings (SSSR count). The fraction of sp³-hybridized carbons (Fsp3) is 0.190. The Balaban J connectivity index is 1.78. The Morgan fingerprint density at radius 1 is 1.19 bits per heavy atom. The normalized spacial score (nSPS) is 14.5. The van der Waals surface area contributed by atoms with E-state index in [1.165, 1.54) is 0 Å². The molecule has 1 atom stereocenters. The van der Waals surface area contributed by atoms with Crippen molar-refractivity contribution >= 4 is 11.6 Å². The molecule has 10 heteroatoms. The summed E-state index contributed by atoms with van der Waals surface area (Å²) < 4.78 is 7.15. The van der Waals surface area contributed by atoms with Gasteiger partial charge in [0.05, 0.1) is 12.3 Å². The van der Waals surface area contributed by atoms with Crippen LogP contribution in [0.2, 0.25) is 0 Å². The van der Waals surface area contributed by atoms with Crippen LogP contribution in [0, 0.1) is 6.92 Å². The first-order valence-electron chi connectivity index (χ1n) is 9.77. The predicted octanol–water partition coefficient (Wildman–Crippen LogP) is 2.53. The molecule has 156 valence electrons. The first-order chi connectivity index (χ1) is 15.1. The number of benzene rings is 2. The molecule has 0 fully saturated rings. The van der Waals surface area contributed by atoms with E-state index >= 15 is 0 Å². The van der Waals surface area contributed by atoms with Gasteiger partial charge in [0.15, 0.2) is 11.5 Å². The molecule has 10 nitrogen and oxygen atoms in total. The zero-order valence-electron chi connectivity index (χ0n) is 16.8. The molecule has 0 radical (unpaired) electrons. The number of phenolic OH excluding ortho intramolecular Hbond substituents is 1. The molecule has 0 amide bonds. The van der Waals surface area contributed by atoms with Gasteiger partial charge in [0.2, 0.25) is 5.95 Å². The lowest BCUT2D eigenvalue weighted by molar-refractivity contribution is 0.317. The van der Waals surface area contributed by atoms with Gasteiger partial charge in [0.25, 0.3) is 5.56 Å². The molecular formula is C21H19N7O3. The Hall–Kier alpha value is -4.21. The van der Waals surface area contributed by atoms with Gasteiger partial charge >= 0.3 is 0 Å². The quantitative estimate of drug-likeness (QED) is 0.407. The second kappa shape index (κ2) is 7.24. The van der Waals surface area contributed by atoms with E-state index in [2.05, 4.69) is 31.0 Å². The molecule has 0 spiro atoms. The topological polar surface area (TPSA) is 131 Å². The van der Waals surface area contributed by atoms with Crippen molar-refractivity contribution in [3.05, 3.63) is 69.5 Å². The van der Waals surface area contributed by atoms with Crippen LogP contribution in [0.3, 0.4) is 0 Å². The lowest BCUT2D eigenvalue weighted by Crippen LogP contribution is -2.29. The average Bonchev–Trinajstić information content (AvgIpc) is 3.24. The van der Waals surface area contributed by atoms with Crippen LogP contribution in [-0.2, 0) is 0 Å². The minimum absolute atomic E-state index is 0.0273. The highest BCUT2D eigenvalue weighted by Gasteiger charge is 2.34. The highest BCUT2D eigenvalue weighted by molar-refractivity contribution is 5.75. The molecule has 0 saturated carbocycles. The van der Waals surface area contributed by atoms with Gasteiger partial charge in [-0.15, -0.1) is 0 Å². The Morgan fingerprint density at radius 2 is 2.00 bits per heavy atom. The van der Waals surface area contributed by atoms with Crippen LogP contribution in [0.1, 0.15) is 29.7 Å². The lowest BCUT2D eigenvalue weighted by Gasteiger charge is -2.28. The molecule has 4 aromatic rings. The van der Waals surface area contributed by atoms with Crippen LogP contribution in [0.4, 0.5) is 11.6 Å². The number of phenols is 1. The van der Waals surface area contributed by atoms with Crippen LogP contribution in [0.25, 0.3) is 11.3 Å². The van der Waals surface area contributed by atoms with Crippen molar-refractivity contribution in [1.82, 2.24) is 30.4 Å². The first-order valence-corrected chi connectivity index (χ1v) is 9.77. The Labute approximate surface area is 176 Å². The van der Waals surface area contributed by atoms with E-state index in [-0.39, 0.29) is 11.3 Å². The van der Waals surface area contributed by atoms with Crippen LogP contribution in [0.5, 0.6) is 11.5 Å². The van der Waals surface area contributed by atoms with Gasteiger partial charge in [-0.2, -0.15) is 9.78 Å². The standard InChI is InChI=1S/C21H19N7O3/c1-3-31-15-10-13(8-9-14(15)29)19-16-17(12-6-4-11(2)5-7-12)23-24-20(30)18(16)22-21-25-26-27-28(19)21/h4-10,19,29H,3H2,1-2H3,(H,24,30)(H,22,25,27)/t19-/m1/s1. The van der Waals surface area contributed by atoms with Gasteiger partial charge in [0.1, 0.15) is 11.7 Å². The number of nitrogens with zero attached hydrogens (tertiary/aromatic N) is 5. The number of nitrogens with one attached hydrogen (secondary N) is 2. The van der Waals surface area contributed by atoms with Crippen molar-refractivity contribution in [2.24, 2.45) is 0 Å². The van der Waals surface area contributed by atoms with E-state index in [4.69, 9.17) is 4.74 Å². The number of aryl methyl sites for hydroxylation is 1. The van der Waals surface area contributed by atoms with Gasteiger partial charge in [-0.1, -0.05) is 41.0 Å². The van der Waals surface area contributed by atoms with E-state index in [1.54, 1.807) is 22.9 Å². The number of rotatable bonds is 4. The van der Waals surface area contributed by atoms with Gasteiger partial charge in [-0.05, 0) is 42.0 Å². The molecular weight excluding hydrogens is 398 g/mol. The zero-order chi connectivity index (χ0) is 21.5. The van der Waals surface area contributed by atoms with Crippen LogP contribution >= 0.6 is 0 Å². The second-order valence-electron chi connectivity index (χ2n) is 7.19. The summed E-state index contributed by atoms with van der Waals surface area (Å²) in [5, 5.41) is 32.0. The van der Waals surface area contributed by atoms with E-state index in [0.29, 0.717) is 35.2 Å². The van der Waals surface area contributed by atoms with E-state index < -0.39 is 6.04 Å². The molecule has 1 aliphatic rings. The third-order valence-electron chi connectivity index (χ3n) is 5.19. The SMILES string of the molecule is CCOc1cc([C@@H]2c3c(-c4ccc(C)cc4)n[nH]c(=O)c3Nc3nnnn32)ccc1O. The van der Waals surface area contributed by atoms with Gasteiger partial charge in [-0.25, -0.2) is 5.10 Å². The van der Waals surface area contributed by atoms with Crippen LogP contribution in [-0.4, -0.2) is 42.1 Å². The molecule has 2 aromatic carbocycles. The fourth-order valence-corrected chi connectivity index (χ4v) is 3.75. The Bertz CT molecular complexity index is 1330. The van der Waals surface area contributed by atoms with Crippen molar-refractivity contribution in [2.45, 2.75) is 19.9 Å². The summed E-state index contributed by atoms with van der Waals surface area (Å²) in [6.07, 6.45) is 0. The number of ether oxygens (including phenoxy) is 1. The molecule has 0 bridgehead atoms. The van der Waals surface area contributed by atoms with Crippen molar-refractivity contribution < 1.29 is 9.84 Å². The first kappa shape index (κ1) is 18.8. The molecule has 0 saturated heterocycles. The zero-order valence-corrected chi connectivity index (χ0v) is 16.8. The number of aromatic amines is 1. The van der Waals surface area contributed by atoms with Crippen molar-refractivity contribution in [3.63, 3.8) is 0 Å². The fourth-order valence-electron chi connectivity index (χ4n) is 3.75. The lowest BCUT2D eigenvalue weighted by atomic mass is 9.92. The third kappa shape index (κ3) is 3.08. The number of H-pyrrole nitrogens is 1. The summed E-state index contributed by atoms with van der Waals surface area (Å²) >= 11 is 0. The summed E-state index contributed by atoms with van der Waals surface area (Å²) in [4.78, 5) is 12.7. The van der Waals surface area contributed by atoms with Crippen molar-refractivity contribution in [2.75, 3.05) is 11.9 Å². The minimum atomic E-state index is -0.563. The summed E-state index contributed by atoms with van der Waals surface area (Å²) in [7, 11) is 0. The highest BCUT2D eigenvalue weighted by Crippen LogP contribution is 2.42. The number of aromatic hydroxyl groups is 1. The summed E-state index contributed by atoms with van der Waals surface area (Å²) in [6.45, 7) is 4.24. The largest absolute Gasteiger partial charge is 0.504 e. The van der Waals surface area contributed by atoms with Crippen LogP contribution < -0.4 is 15.6 Å². The number of tetrazole rings is 1. The number of hydrogen-bond acceptors (Lipinski definition) is 8. The Kier molecular flexibility index (Phi) is 4.39. The molecule has 2 aromatic heterocycles. The Morgan fingerprint density at radius 3 is 2.77 bits per heavy atom. The van der Waals surface area contributed by atoms with Gasteiger partial charge in [0, 0.05) is 11.1 Å². The molecule has 1 aliphatic heterocycles. The maximum absolute atomic E-state index is 12.7.